The summed E-state index contributed by atoms with van der Waals surface area (Å²) in [6.45, 7) is 8.17. The molecule has 0 spiro atoms. The van der Waals surface area contributed by atoms with Crippen molar-refractivity contribution in [3.05, 3.63) is 62.0 Å². The number of rotatable bonds is 5. The number of nitrogens with one attached hydrogen (secondary N) is 1. The lowest BCUT2D eigenvalue weighted by Gasteiger charge is -2.20. The van der Waals surface area contributed by atoms with E-state index in [1.807, 2.05) is 18.2 Å². The summed E-state index contributed by atoms with van der Waals surface area (Å²) in [5.74, 6) is 0.227. The Morgan fingerprint density at radius 2 is 1.68 bits per heavy atom. The molecule has 1 aromatic carbocycles. The molecule has 2 aromatic rings. The van der Waals surface area contributed by atoms with E-state index in [4.69, 9.17) is 23.2 Å². The molecule has 0 saturated carbocycles. The van der Waals surface area contributed by atoms with Gasteiger partial charge in [0.05, 0.1) is 5.02 Å². The van der Waals surface area contributed by atoms with Crippen molar-refractivity contribution in [2.24, 2.45) is 0 Å². The highest BCUT2D eigenvalue weighted by atomic mass is 35.5. The summed E-state index contributed by atoms with van der Waals surface area (Å²) in [6.07, 6.45) is 1.41. The Morgan fingerprint density at radius 1 is 1.12 bits per heavy atom. The van der Waals surface area contributed by atoms with Crippen molar-refractivity contribution in [1.82, 2.24) is 4.57 Å². The number of para-hydroxylation sites is 1. The Balaban J connectivity index is 2.34. The average Bonchev–Trinajstić information content (AvgIpc) is 2.51. The van der Waals surface area contributed by atoms with Crippen LogP contribution in [-0.4, -0.2) is 10.5 Å². The molecule has 1 amide bonds. The standard InChI is InChI=1S/C19H22Cl2N2O2/c1-11(2)14-6-5-7-15(12(3)4)18(14)22-17(24)10-23-9-13(20)8-16(21)19(23)25/h5-9,11-12H,10H2,1-4H3,(H,22,24). The highest BCUT2D eigenvalue weighted by molar-refractivity contribution is 6.34. The minimum absolute atomic E-state index is 0.00856. The van der Waals surface area contributed by atoms with Gasteiger partial charge in [-0.2, -0.15) is 0 Å². The second-order valence-corrected chi connectivity index (χ2v) is 7.45. The largest absolute Gasteiger partial charge is 0.324 e. The van der Waals surface area contributed by atoms with Gasteiger partial charge in [-0.3, -0.25) is 9.59 Å². The van der Waals surface area contributed by atoms with E-state index in [1.54, 1.807) is 0 Å². The summed E-state index contributed by atoms with van der Waals surface area (Å²) in [4.78, 5) is 24.6. The van der Waals surface area contributed by atoms with E-state index < -0.39 is 5.56 Å². The van der Waals surface area contributed by atoms with Gasteiger partial charge in [0, 0.05) is 11.9 Å². The minimum Gasteiger partial charge on any atom is -0.324 e. The Morgan fingerprint density at radius 3 is 2.20 bits per heavy atom. The fourth-order valence-corrected chi connectivity index (χ4v) is 3.22. The van der Waals surface area contributed by atoms with E-state index in [2.05, 4.69) is 33.0 Å². The molecule has 0 aliphatic carbocycles. The van der Waals surface area contributed by atoms with E-state index in [-0.39, 0.29) is 29.3 Å². The number of carbonyl (C=O) groups is 1. The van der Waals surface area contributed by atoms with Gasteiger partial charge in [-0.15, -0.1) is 0 Å². The topological polar surface area (TPSA) is 51.1 Å². The summed E-state index contributed by atoms with van der Waals surface area (Å²) in [7, 11) is 0. The van der Waals surface area contributed by atoms with Crippen LogP contribution in [0.25, 0.3) is 0 Å². The quantitative estimate of drug-likeness (QED) is 0.789. The molecular weight excluding hydrogens is 359 g/mol. The third-order valence-corrected chi connectivity index (χ3v) is 4.44. The highest BCUT2D eigenvalue weighted by Crippen LogP contribution is 2.32. The van der Waals surface area contributed by atoms with Gasteiger partial charge in [0.15, 0.2) is 0 Å². The molecule has 25 heavy (non-hydrogen) atoms. The third-order valence-electron chi connectivity index (χ3n) is 3.96. The lowest BCUT2D eigenvalue weighted by molar-refractivity contribution is -0.116. The number of benzene rings is 1. The number of halogens is 2. The number of amides is 1. The molecule has 1 N–H and O–H groups in total. The van der Waals surface area contributed by atoms with Crippen LogP contribution in [0.1, 0.15) is 50.7 Å². The fraction of sp³-hybridized carbons (Fsp3) is 0.368. The van der Waals surface area contributed by atoms with Crippen molar-refractivity contribution in [3.63, 3.8) is 0 Å². The molecule has 0 radical (unpaired) electrons. The van der Waals surface area contributed by atoms with Crippen molar-refractivity contribution >= 4 is 34.8 Å². The molecule has 6 heteroatoms. The number of hydrogen-bond acceptors (Lipinski definition) is 2. The van der Waals surface area contributed by atoms with Crippen molar-refractivity contribution in [2.45, 2.75) is 46.1 Å². The number of pyridine rings is 1. The molecule has 1 heterocycles. The van der Waals surface area contributed by atoms with E-state index >= 15 is 0 Å². The molecule has 0 saturated heterocycles. The van der Waals surface area contributed by atoms with Gasteiger partial charge in [0.1, 0.15) is 11.6 Å². The average molecular weight is 381 g/mol. The predicted octanol–water partition coefficient (Wildman–Crippen LogP) is 5.04. The van der Waals surface area contributed by atoms with Gasteiger partial charge in [0.2, 0.25) is 5.91 Å². The maximum atomic E-state index is 12.5. The van der Waals surface area contributed by atoms with Gasteiger partial charge < -0.3 is 9.88 Å². The molecule has 0 aliphatic heterocycles. The van der Waals surface area contributed by atoms with Crippen molar-refractivity contribution in [2.75, 3.05) is 5.32 Å². The first-order chi connectivity index (χ1) is 11.7. The van der Waals surface area contributed by atoms with E-state index in [9.17, 15) is 9.59 Å². The van der Waals surface area contributed by atoms with Crippen molar-refractivity contribution < 1.29 is 4.79 Å². The number of aromatic nitrogens is 1. The molecule has 134 valence electrons. The number of hydrogen-bond donors (Lipinski definition) is 1. The van der Waals surface area contributed by atoms with Crippen molar-refractivity contribution in [3.8, 4) is 0 Å². The third kappa shape index (κ3) is 4.65. The Labute approximate surface area is 157 Å². The Bertz CT molecular complexity index is 816. The van der Waals surface area contributed by atoms with Crippen LogP contribution >= 0.6 is 23.2 Å². The van der Waals surface area contributed by atoms with Crippen LogP contribution in [0, 0.1) is 0 Å². The van der Waals surface area contributed by atoms with E-state index in [1.165, 1.54) is 16.8 Å². The van der Waals surface area contributed by atoms with Crippen molar-refractivity contribution in [1.29, 1.82) is 0 Å². The first-order valence-corrected chi connectivity index (χ1v) is 8.94. The van der Waals surface area contributed by atoms with Crippen LogP contribution in [0.2, 0.25) is 10.0 Å². The molecule has 0 unspecified atom stereocenters. The molecule has 0 fully saturated rings. The Kier molecular flexibility index (Phi) is 6.31. The van der Waals surface area contributed by atoms with Crippen LogP contribution in [0.4, 0.5) is 5.69 Å². The SMILES string of the molecule is CC(C)c1cccc(C(C)C)c1NC(=O)Cn1cc(Cl)cc(Cl)c1=O. The van der Waals surface area contributed by atoms with Crippen LogP contribution in [0.5, 0.6) is 0 Å². The lowest BCUT2D eigenvalue weighted by Crippen LogP contribution is -2.28. The van der Waals surface area contributed by atoms with Gasteiger partial charge in [-0.05, 0) is 29.0 Å². The second kappa shape index (κ2) is 8.07. The molecule has 2 rings (SSSR count). The molecule has 0 atom stereocenters. The summed E-state index contributed by atoms with van der Waals surface area (Å²) in [5.41, 5.74) is 2.51. The fourth-order valence-electron chi connectivity index (χ4n) is 2.71. The lowest BCUT2D eigenvalue weighted by atomic mass is 9.92. The summed E-state index contributed by atoms with van der Waals surface area (Å²) in [6, 6.07) is 7.38. The smallest absolute Gasteiger partial charge is 0.269 e. The first-order valence-electron chi connectivity index (χ1n) is 8.18. The zero-order valence-electron chi connectivity index (χ0n) is 14.8. The van der Waals surface area contributed by atoms with Crippen LogP contribution < -0.4 is 10.9 Å². The normalized spacial score (nSPS) is 11.2. The number of carbonyl (C=O) groups excluding carboxylic acids is 1. The van der Waals surface area contributed by atoms with Crippen LogP contribution in [-0.2, 0) is 11.3 Å². The molecule has 0 bridgehead atoms. The molecule has 4 nitrogen and oxygen atoms in total. The second-order valence-electron chi connectivity index (χ2n) is 6.61. The van der Waals surface area contributed by atoms with Crippen LogP contribution in [0.3, 0.4) is 0 Å². The van der Waals surface area contributed by atoms with Gasteiger partial charge in [0.25, 0.3) is 5.56 Å². The highest BCUT2D eigenvalue weighted by Gasteiger charge is 2.16. The molecule has 1 aromatic heterocycles. The maximum Gasteiger partial charge on any atom is 0.269 e. The summed E-state index contributed by atoms with van der Waals surface area (Å²) < 4.78 is 1.22. The van der Waals surface area contributed by atoms with Gasteiger partial charge in [-0.1, -0.05) is 69.1 Å². The van der Waals surface area contributed by atoms with E-state index in [0.29, 0.717) is 5.02 Å². The summed E-state index contributed by atoms with van der Waals surface area (Å²) in [5, 5.41) is 3.27. The monoisotopic (exact) mass is 380 g/mol. The number of nitrogens with zero attached hydrogens (tertiary/aromatic N) is 1. The number of anilines is 1. The Hall–Kier alpha value is -1.78. The zero-order chi connectivity index (χ0) is 18.7. The summed E-state index contributed by atoms with van der Waals surface area (Å²) >= 11 is 11.8. The maximum absolute atomic E-state index is 12.5. The zero-order valence-corrected chi connectivity index (χ0v) is 16.3. The van der Waals surface area contributed by atoms with Gasteiger partial charge in [-0.25, -0.2) is 0 Å². The predicted molar refractivity (Wildman–Crippen MR) is 104 cm³/mol. The van der Waals surface area contributed by atoms with Crippen LogP contribution in [0.15, 0.2) is 35.3 Å². The first kappa shape index (κ1) is 19.5. The van der Waals surface area contributed by atoms with Gasteiger partial charge >= 0.3 is 0 Å². The van der Waals surface area contributed by atoms with E-state index in [0.717, 1.165) is 16.8 Å². The molecular formula is C19H22Cl2N2O2. The molecule has 0 aliphatic rings. The minimum atomic E-state index is -0.442.